The van der Waals surface area contributed by atoms with Crippen LogP contribution in [0.15, 0.2) is 28.7 Å². The molecule has 1 aromatic carbocycles. The second-order valence-electron chi connectivity index (χ2n) is 5.87. The Labute approximate surface area is 134 Å². The summed E-state index contributed by atoms with van der Waals surface area (Å²) in [6.45, 7) is 6.16. The number of halogens is 1. The number of nitrogens with one attached hydrogen (secondary N) is 1. The van der Waals surface area contributed by atoms with E-state index < -0.39 is 0 Å². The molecule has 1 unspecified atom stereocenters. The Bertz CT molecular complexity index is 502. The maximum atomic E-state index is 12.4. The molecule has 0 radical (unpaired) electrons. The van der Waals surface area contributed by atoms with Gasteiger partial charge < -0.3 is 10.2 Å². The summed E-state index contributed by atoms with van der Waals surface area (Å²) >= 11 is 3.46. The zero-order valence-electron chi connectivity index (χ0n) is 12.2. The molecule has 4 nitrogen and oxygen atoms in total. The first kappa shape index (κ1) is 15.0. The minimum absolute atomic E-state index is 0.255. The maximum absolute atomic E-state index is 12.4. The van der Waals surface area contributed by atoms with Gasteiger partial charge in [0.15, 0.2) is 0 Å². The van der Waals surface area contributed by atoms with Crippen molar-refractivity contribution in [3.05, 3.63) is 34.3 Å². The molecule has 0 saturated carbocycles. The number of amides is 1. The van der Waals surface area contributed by atoms with Crippen LogP contribution < -0.4 is 5.32 Å². The molecule has 0 bridgehead atoms. The molecular formula is C16H22BrN3O. The van der Waals surface area contributed by atoms with E-state index in [1.165, 1.54) is 0 Å². The van der Waals surface area contributed by atoms with Crippen LogP contribution in [-0.2, 0) is 11.2 Å². The fourth-order valence-electron chi connectivity index (χ4n) is 3.25. The monoisotopic (exact) mass is 351 g/mol. The maximum Gasteiger partial charge on any atom is 0.227 e. The van der Waals surface area contributed by atoms with Crippen molar-refractivity contribution < 1.29 is 4.79 Å². The van der Waals surface area contributed by atoms with Crippen molar-refractivity contribution in [2.24, 2.45) is 0 Å². The number of nitrogens with zero attached hydrogens (tertiary/aromatic N) is 2. The average Bonchev–Trinajstić information content (AvgIpc) is 2.98. The van der Waals surface area contributed by atoms with Gasteiger partial charge in [-0.1, -0.05) is 28.1 Å². The molecule has 2 saturated heterocycles. The van der Waals surface area contributed by atoms with Gasteiger partial charge in [0.25, 0.3) is 0 Å². The van der Waals surface area contributed by atoms with E-state index in [2.05, 4.69) is 26.1 Å². The number of rotatable bonds is 3. The molecule has 0 spiro atoms. The normalized spacial score (nSPS) is 23.5. The highest BCUT2D eigenvalue weighted by atomic mass is 79.9. The van der Waals surface area contributed by atoms with Gasteiger partial charge in [-0.3, -0.25) is 9.69 Å². The largest absolute Gasteiger partial charge is 0.341 e. The molecule has 1 N–H and O–H groups in total. The van der Waals surface area contributed by atoms with Crippen molar-refractivity contribution in [2.75, 3.05) is 39.3 Å². The summed E-state index contributed by atoms with van der Waals surface area (Å²) < 4.78 is 1.04. The Morgan fingerprint density at radius 3 is 2.86 bits per heavy atom. The van der Waals surface area contributed by atoms with Gasteiger partial charge in [0.2, 0.25) is 5.91 Å². The molecule has 0 aliphatic carbocycles. The summed E-state index contributed by atoms with van der Waals surface area (Å²) in [4.78, 5) is 17.0. The number of likely N-dealkylation sites (tertiary alicyclic amines) is 1. The van der Waals surface area contributed by atoms with Gasteiger partial charge in [-0.25, -0.2) is 0 Å². The molecule has 2 aliphatic rings. The fraction of sp³-hybridized carbons (Fsp3) is 0.562. The first-order chi connectivity index (χ1) is 10.2. The Hall–Kier alpha value is -0.910. The second kappa shape index (κ2) is 6.90. The van der Waals surface area contributed by atoms with Crippen LogP contribution in [0.1, 0.15) is 12.0 Å². The van der Waals surface area contributed by atoms with Gasteiger partial charge in [-0.2, -0.15) is 0 Å². The third-order valence-corrected chi connectivity index (χ3v) is 4.92. The van der Waals surface area contributed by atoms with Gasteiger partial charge in [0.1, 0.15) is 0 Å². The standard InChI is InChI=1S/C16H22BrN3O/c17-14-3-1-2-13(10-14)11-16(21)20-7-4-15(12-20)19-8-5-18-6-9-19/h1-3,10,15,18H,4-9,11-12H2. The fourth-order valence-corrected chi connectivity index (χ4v) is 3.69. The van der Waals surface area contributed by atoms with E-state index in [0.29, 0.717) is 12.5 Å². The van der Waals surface area contributed by atoms with Crippen molar-refractivity contribution in [3.63, 3.8) is 0 Å². The quantitative estimate of drug-likeness (QED) is 0.896. The molecule has 2 fully saturated rings. The zero-order chi connectivity index (χ0) is 14.7. The molecule has 1 aromatic rings. The number of hydrogen-bond donors (Lipinski definition) is 1. The van der Waals surface area contributed by atoms with Crippen molar-refractivity contribution in [1.29, 1.82) is 0 Å². The van der Waals surface area contributed by atoms with Crippen LogP contribution >= 0.6 is 15.9 Å². The molecule has 2 heterocycles. The van der Waals surface area contributed by atoms with E-state index in [1.807, 2.05) is 29.2 Å². The third kappa shape index (κ3) is 3.84. The number of piperazine rings is 1. The third-order valence-electron chi connectivity index (χ3n) is 4.43. The lowest BCUT2D eigenvalue weighted by Crippen LogP contribution is -2.49. The van der Waals surface area contributed by atoms with Gasteiger partial charge in [0, 0.05) is 49.8 Å². The smallest absolute Gasteiger partial charge is 0.227 e. The van der Waals surface area contributed by atoms with Crippen molar-refractivity contribution in [2.45, 2.75) is 18.9 Å². The Balaban J connectivity index is 1.54. The van der Waals surface area contributed by atoms with E-state index >= 15 is 0 Å². The predicted octanol–water partition coefficient (Wildman–Crippen LogP) is 1.50. The summed E-state index contributed by atoms with van der Waals surface area (Å²) in [7, 11) is 0. The number of carbonyl (C=O) groups excluding carboxylic acids is 1. The summed E-state index contributed by atoms with van der Waals surface area (Å²) in [5.41, 5.74) is 1.08. The highest BCUT2D eigenvalue weighted by Gasteiger charge is 2.30. The number of carbonyl (C=O) groups is 1. The summed E-state index contributed by atoms with van der Waals surface area (Å²) in [5.74, 6) is 0.255. The Kier molecular flexibility index (Phi) is 4.93. The van der Waals surface area contributed by atoms with Crippen LogP contribution in [0.4, 0.5) is 0 Å². The van der Waals surface area contributed by atoms with Gasteiger partial charge in [0.05, 0.1) is 6.42 Å². The molecule has 3 rings (SSSR count). The molecule has 5 heteroatoms. The molecule has 0 aromatic heterocycles. The van der Waals surface area contributed by atoms with Crippen molar-refractivity contribution in [3.8, 4) is 0 Å². The average molecular weight is 352 g/mol. The molecule has 21 heavy (non-hydrogen) atoms. The minimum atomic E-state index is 0.255. The SMILES string of the molecule is O=C(Cc1cccc(Br)c1)N1CCC(N2CCNCC2)C1. The lowest BCUT2D eigenvalue weighted by molar-refractivity contribution is -0.129. The van der Waals surface area contributed by atoms with Crippen LogP contribution in [0.25, 0.3) is 0 Å². The molecule has 1 atom stereocenters. The molecule has 2 aliphatic heterocycles. The van der Waals surface area contributed by atoms with Crippen LogP contribution in [0.5, 0.6) is 0 Å². The van der Waals surface area contributed by atoms with Crippen LogP contribution in [-0.4, -0.2) is 61.0 Å². The topological polar surface area (TPSA) is 35.6 Å². The Morgan fingerprint density at radius 1 is 1.29 bits per heavy atom. The first-order valence-electron chi connectivity index (χ1n) is 7.69. The van der Waals surface area contributed by atoms with Crippen LogP contribution in [0.3, 0.4) is 0 Å². The van der Waals surface area contributed by atoms with Crippen LogP contribution in [0, 0.1) is 0 Å². The minimum Gasteiger partial charge on any atom is -0.341 e. The predicted molar refractivity (Wildman–Crippen MR) is 87.3 cm³/mol. The first-order valence-corrected chi connectivity index (χ1v) is 8.48. The van der Waals surface area contributed by atoms with Gasteiger partial charge in [-0.05, 0) is 24.1 Å². The molecule has 114 valence electrons. The van der Waals surface area contributed by atoms with E-state index in [1.54, 1.807) is 0 Å². The molecule has 1 amide bonds. The van der Waals surface area contributed by atoms with E-state index in [9.17, 15) is 4.79 Å². The van der Waals surface area contributed by atoms with Crippen molar-refractivity contribution >= 4 is 21.8 Å². The van der Waals surface area contributed by atoms with E-state index in [-0.39, 0.29) is 5.91 Å². The lowest BCUT2D eigenvalue weighted by Gasteiger charge is -2.32. The van der Waals surface area contributed by atoms with E-state index in [4.69, 9.17) is 0 Å². The summed E-state index contributed by atoms with van der Waals surface area (Å²) in [5, 5.41) is 3.38. The van der Waals surface area contributed by atoms with E-state index in [0.717, 1.165) is 55.7 Å². The van der Waals surface area contributed by atoms with Gasteiger partial charge >= 0.3 is 0 Å². The highest BCUT2D eigenvalue weighted by molar-refractivity contribution is 9.10. The van der Waals surface area contributed by atoms with Crippen LogP contribution in [0.2, 0.25) is 0 Å². The lowest BCUT2D eigenvalue weighted by atomic mass is 10.1. The van der Waals surface area contributed by atoms with Gasteiger partial charge in [-0.15, -0.1) is 0 Å². The highest BCUT2D eigenvalue weighted by Crippen LogP contribution is 2.18. The molecular weight excluding hydrogens is 330 g/mol. The summed E-state index contributed by atoms with van der Waals surface area (Å²) in [6.07, 6.45) is 1.62. The number of hydrogen-bond acceptors (Lipinski definition) is 3. The second-order valence-corrected chi connectivity index (χ2v) is 6.79. The summed E-state index contributed by atoms with van der Waals surface area (Å²) in [6, 6.07) is 8.58. The zero-order valence-corrected chi connectivity index (χ0v) is 13.8. The Morgan fingerprint density at radius 2 is 2.10 bits per heavy atom. The van der Waals surface area contributed by atoms with Crippen molar-refractivity contribution in [1.82, 2.24) is 15.1 Å². The number of benzene rings is 1.